The van der Waals surface area contributed by atoms with Crippen LogP contribution in [-0.4, -0.2) is 54.7 Å². The zero-order valence-electron chi connectivity index (χ0n) is 15.7. The monoisotopic (exact) mass is 395 g/mol. The number of halogens is 1. The summed E-state index contributed by atoms with van der Waals surface area (Å²) < 4.78 is 0. The highest BCUT2D eigenvalue weighted by molar-refractivity contribution is 5.94. The number of benzene rings is 1. The molecule has 2 fully saturated rings. The molecular formula is C20H30ClN3O3. The molecule has 2 saturated heterocycles. The quantitative estimate of drug-likeness (QED) is 0.743. The molecule has 2 amide bonds. The second-order valence-corrected chi connectivity index (χ2v) is 7.32. The second-order valence-electron chi connectivity index (χ2n) is 7.32. The Hall–Kier alpha value is -1.79. The SMILES string of the molecule is Cl.O=C(O)CCc1ccc(N2CCN(CCC3CCCNCC3)C2=O)cc1. The van der Waals surface area contributed by atoms with Gasteiger partial charge in [-0.2, -0.15) is 0 Å². The lowest BCUT2D eigenvalue weighted by Crippen LogP contribution is -2.33. The van der Waals surface area contributed by atoms with E-state index < -0.39 is 5.97 Å². The summed E-state index contributed by atoms with van der Waals surface area (Å²) in [4.78, 5) is 27.2. The van der Waals surface area contributed by atoms with Crippen LogP contribution in [0.5, 0.6) is 0 Å². The third-order valence-electron chi connectivity index (χ3n) is 5.47. The molecule has 1 atom stereocenters. The Labute approximate surface area is 167 Å². The van der Waals surface area contributed by atoms with Crippen LogP contribution in [0.3, 0.4) is 0 Å². The van der Waals surface area contributed by atoms with E-state index in [1.807, 2.05) is 34.1 Å². The summed E-state index contributed by atoms with van der Waals surface area (Å²) in [6.07, 6.45) is 5.45. The molecule has 1 aromatic rings. The molecule has 0 radical (unpaired) electrons. The van der Waals surface area contributed by atoms with Gasteiger partial charge in [0.2, 0.25) is 0 Å². The highest BCUT2D eigenvalue weighted by atomic mass is 35.5. The fourth-order valence-electron chi connectivity index (χ4n) is 3.84. The van der Waals surface area contributed by atoms with Crippen molar-refractivity contribution in [2.24, 2.45) is 5.92 Å². The summed E-state index contributed by atoms with van der Waals surface area (Å²) in [7, 11) is 0. The molecule has 3 rings (SSSR count). The van der Waals surface area contributed by atoms with Gasteiger partial charge in [0.1, 0.15) is 0 Å². The van der Waals surface area contributed by atoms with E-state index in [0.29, 0.717) is 6.42 Å². The molecule has 150 valence electrons. The molecule has 1 unspecified atom stereocenters. The van der Waals surface area contributed by atoms with Crippen LogP contribution in [-0.2, 0) is 11.2 Å². The molecule has 0 saturated carbocycles. The van der Waals surface area contributed by atoms with E-state index >= 15 is 0 Å². The fourth-order valence-corrected chi connectivity index (χ4v) is 3.84. The van der Waals surface area contributed by atoms with E-state index in [1.54, 1.807) is 0 Å². The van der Waals surface area contributed by atoms with Crippen LogP contribution in [0.1, 0.15) is 37.7 Å². The summed E-state index contributed by atoms with van der Waals surface area (Å²) in [6.45, 7) is 4.56. The Morgan fingerprint density at radius 2 is 1.93 bits per heavy atom. The van der Waals surface area contributed by atoms with Crippen molar-refractivity contribution in [3.63, 3.8) is 0 Å². The largest absolute Gasteiger partial charge is 0.481 e. The zero-order valence-corrected chi connectivity index (χ0v) is 16.5. The van der Waals surface area contributed by atoms with Crippen molar-refractivity contribution in [3.8, 4) is 0 Å². The second kappa shape index (κ2) is 10.5. The van der Waals surface area contributed by atoms with Crippen molar-refractivity contribution >= 4 is 30.1 Å². The predicted molar refractivity (Wildman–Crippen MR) is 109 cm³/mol. The number of carboxylic acids is 1. The Morgan fingerprint density at radius 3 is 2.67 bits per heavy atom. The van der Waals surface area contributed by atoms with Gasteiger partial charge in [0, 0.05) is 31.7 Å². The molecule has 2 aliphatic heterocycles. The molecule has 2 N–H and O–H groups in total. The van der Waals surface area contributed by atoms with Gasteiger partial charge in [0.25, 0.3) is 0 Å². The number of urea groups is 1. The summed E-state index contributed by atoms with van der Waals surface area (Å²) in [6, 6.07) is 7.79. The van der Waals surface area contributed by atoms with Crippen molar-refractivity contribution in [2.75, 3.05) is 37.6 Å². The van der Waals surface area contributed by atoms with Gasteiger partial charge in [0.05, 0.1) is 0 Å². The number of anilines is 1. The third-order valence-corrected chi connectivity index (χ3v) is 5.47. The molecule has 0 spiro atoms. The first-order chi connectivity index (χ1) is 12.6. The van der Waals surface area contributed by atoms with Crippen LogP contribution in [0, 0.1) is 5.92 Å². The number of carbonyl (C=O) groups excluding carboxylic acids is 1. The number of rotatable bonds is 7. The minimum Gasteiger partial charge on any atom is -0.481 e. The average Bonchev–Trinajstić information content (AvgIpc) is 2.84. The maximum atomic E-state index is 12.7. The van der Waals surface area contributed by atoms with Gasteiger partial charge in [-0.3, -0.25) is 9.69 Å². The zero-order chi connectivity index (χ0) is 18.4. The summed E-state index contributed by atoms with van der Waals surface area (Å²) in [5, 5.41) is 12.2. The van der Waals surface area contributed by atoms with E-state index in [1.165, 1.54) is 19.3 Å². The van der Waals surface area contributed by atoms with Gasteiger partial charge in [-0.15, -0.1) is 12.4 Å². The van der Waals surface area contributed by atoms with E-state index in [2.05, 4.69) is 5.32 Å². The number of nitrogens with one attached hydrogen (secondary N) is 1. The first-order valence-corrected chi connectivity index (χ1v) is 9.71. The first kappa shape index (κ1) is 21.5. The highest BCUT2D eigenvalue weighted by Crippen LogP contribution is 2.23. The normalized spacial score (nSPS) is 20.3. The number of amides is 2. The molecule has 27 heavy (non-hydrogen) atoms. The average molecular weight is 396 g/mol. The van der Waals surface area contributed by atoms with E-state index in [-0.39, 0.29) is 24.9 Å². The van der Waals surface area contributed by atoms with Crippen LogP contribution >= 0.6 is 12.4 Å². The number of aliphatic carboxylic acids is 1. The number of carbonyl (C=O) groups is 2. The van der Waals surface area contributed by atoms with Gasteiger partial charge >= 0.3 is 12.0 Å². The van der Waals surface area contributed by atoms with Gasteiger partial charge in [-0.25, -0.2) is 4.79 Å². The van der Waals surface area contributed by atoms with Crippen molar-refractivity contribution in [3.05, 3.63) is 29.8 Å². The molecule has 1 aromatic carbocycles. The Kier molecular flexibility index (Phi) is 8.38. The number of nitrogens with zero attached hydrogens (tertiary/aromatic N) is 2. The lowest BCUT2D eigenvalue weighted by molar-refractivity contribution is -0.136. The molecule has 7 heteroatoms. The highest BCUT2D eigenvalue weighted by Gasteiger charge is 2.29. The molecule has 0 bridgehead atoms. The number of hydrogen-bond acceptors (Lipinski definition) is 3. The molecule has 0 aromatic heterocycles. The smallest absolute Gasteiger partial charge is 0.324 e. The number of hydrogen-bond donors (Lipinski definition) is 2. The van der Waals surface area contributed by atoms with E-state index in [4.69, 9.17) is 5.11 Å². The maximum absolute atomic E-state index is 12.7. The molecule has 6 nitrogen and oxygen atoms in total. The predicted octanol–water partition coefficient (Wildman–Crippen LogP) is 3.15. The summed E-state index contributed by atoms with van der Waals surface area (Å²) >= 11 is 0. The van der Waals surface area contributed by atoms with Crippen molar-refractivity contribution in [1.29, 1.82) is 0 Å². The van der Waals surface area contributed by atoms with Crippen LogP contribution in [0.15, 0.2) is 24.3 Å². The maximum Gasteiger partial charge on any atom is 0.324 e. The minimum atomic E-state index is -0.788. The fraction of sp³-hybridized carbons (Fsp3) is 0.600. The lowest BCUT2D eigenvalue weighted by atomic mass is 9.97. The third kappa shape index (κ3) is 6.11. The van der Waals surface area contributed by atoms with Crippen molar-refractivity contribution in [1.82, 2.24) is 10.2 Å². The lowest BCUT2D eigenvalue weighted by Gasteiger charge is -2.21. The van der Waals surface area contributed by atoms with Gasteiger partial charge < -0.3 is 15.3 Å². The van der Waals surface area contributed by atoms with Crippen LogP contribution in [0.2, 0.25) is 0 Å². The Morgan fingerprint density at radius 1 is 1.15 bits per heavy atom. The molecule has 0 aliphatic carbocycles. The minimum absolute atomic E-state index is 0. The van der Waals surface area contributed by atoms with E-state index in [0.717, 1.165) is 56.3 Å². The first-order valence-electron chi connectivity index (χ1n) is 9.71. The van der Waals surface area contributed by atoms with Crippen LogP contribution in [0.25, 0.3) is 0 Å². The molecular weight excluding hydrogens is 366 g/mol. The number of carboxylic acid groups (broad SMARTS) is 1. The summed E-state index contributed by atoms with van der Waals surface area (Å²) in [5.41, 5.74) is 1.89. The summed E-state index contributed by atoms with van der Waals surface area (Å²) in [5.74, 6) is -0.0655. The van der Waals surface area contributed by atoms with Crippen LogP contribution in [0.4, 0.5) is 10.5 Å². The topological polar surface area (TPSA) is 72.9 Å². The van der Waals surface area contributed by atoms with Crippen molar-refractivity contribution < 1.29 is 14.7 Å². The van der Waals surface area contributed by atoms with E-state index in [9.17, 15) is 9.59 Å². The van der Waals surface area contributed by atoms with Crippen LogP contribution < -0.4 is 10.2 Å². The van der Waals surface area contributed by atoms with Gasteiger partial charge in [-0.1, -0.05) is 12.1 Å². The number of aryl methyl sites for hydroxylation is 1. The standard InChI is InChI=1S/C20H29N3O3.ClH/c24-19(25)8-5-17-3-6-18(7-4-17)23-15-14-22(20(23)26)13-10-16-2-1-11-21-12-9-16;/h3-4,6-7,16,21H,1-2,5,8-15H2,(H,24,25);1H. The Bertz CT molecular complexity index is 615. The van der Waals surface area contributed by atoms with Crippen molar-refractivity contribution in [2.45, 2.75) is 38.5 Å². The van der Waals surface area contributed by atoms with Gasteiger partial charge in [-0.05, 0) is 68.8 Å². The van der Waals surface area contributed by atoms with Gasteiger partial charge in [0.15, 0.2) is 0 Å². The Balaban J connectivity index is 0.00000261. The molecule has 2 heterocycles. The molecule has 2 aliphatic rings.